The van der Waals surface area contributed by atoms with Crippen LogP contribution in [0.1, 0.15) is 102 Å². The Morgan fingerprint density at radius 1 is 0.889 bits per heavy atom. The predicted octanol–water partition coefficient (Wildman–Crippen LogP) is 11.1. The molecule has 0 aliphatic carbocycles. The highest BCUT2D eigenvalue weighted by molar-refractivity contribution is 8.19. The lowest BCUT2D eigenvalue weighted by Crippen LogP contribution is -2.45. The Hall–Kier alpha value is -0.0962. The molecule has 0 bridgehead atoms. The Morgan fingerprint density at radius 3 is 1.87 bits per heavy atom. The zero-order valence-electron chi connectivity index (χ0n) is 31.9. The normalized spacial score (nSPS) is 20.9. The summed E-state index contributed by atoms with van der Waals surface area (Å²) in [6.07, 6.45) is 12.4. The highest BCUT2D eigenvalue weighted by Gasteiger charge is 2.43. The number of hydrogen-bond donors (Lipinski definition) is 1. The molecule has 1 heterocycles. The van der Waals surface area contributed by atoms with E-state index in [1.54, 1.807) is 23.5 Å². The van der Waals surface area contributed by atoms with Crippen LogP contribution in [0.25, 0.3) is 0 Å². The highest BCUT2D eigenvalue weighted by Crippen LogP contribution is 2.45. The summed E-state index contributed by atoms with van der Waals surface area (Å²) in [6.45, 7) is 35.7. The second kappa shape index (κ2) is 17.5. The summed E-state index contributed by atoms with van der Waals surface area (Å²) in [5.74, 6) is 2.49. The van der Waals surface area contributed by atoms with Gasteiger partial charge in [0.1, 0.15) is 4.08 Å². The molecule has 5 atom stereocenters. The topological polar surface area (TPSA) is 55.8 Å². The molecule has 0 spiro atoms. The number of carbonyl (C=O) groups is 1. The van der Waals surface area contributed by atoms with Gasteiger partial charge >= 0.3 is 0 Å². The van der Waals surface area contributed by atoms with Gasteiger partial charge in [0.15, 0.2) is 22.4 Å². The van der Waals surface area contributed by atoms with Crippen molar-refractivity contribution in [1.29, 1.82) is 0 Å². The van der Waals surface area contributed by atoms with Crippen LogP contribution < -0.4 is 0 Å². The predicted molar refractivity (Wildman–Crippen MR) is 208 cm³/mol. The van der Waals surface area contributed by atoms with Crippen LogP contribution in [0, 0.1) is 17.8 Å². The van der Waals surface area contributed by atoms with E-state index in [0.29, 0.717) is 12.3 Å². The first-order valence-corrected chi connectivity index (χ1v) is 25.0. The Labute approximate surface area is 289 Å². The highest BCUT2D eigenvalue weighted by atomic mass is 32.2. The van der Waals surface area contributed by atoms with Gasteiger partial charge in [0, 0.05) is 18.3 Å². The van der Waals surface area contributed by atoms with Gasteiger partial charge in [0.25, 0.3) is 0 Å². The summed E-state index contributed by atoms with van der Waals surface area (Å²) < 4.78 is 13.4. The maximum atomic E-state index is 13.5. The zero-order chi connectivity index (χ0) is 35.0. The van der Waals surface area contributed by atoms with Gasteiger partial charge in [-0.1, -0.05) is 99.6 Å². The molecule has 45 heavy (non-hydrogen) atoms. The average molecular weight is 699 g/mol. The van der Waals surface area contributed by atoms with Gasteiger partial charge in [-0.15, -0.1) is 23.5 Å². The third-order valence-electron chi connectivity index (χ3n) is 10.1. The fourth-order valence-corrected chi connectivity index (χ4v) is 10.4. The number of aliphatic hydroxyl groups is 1. The van der Waals surface area contributed by atoms with E-state index in [0.717, 1.165) is 24.3 Å². The van der Waals surface area contributed by atoms with Gasteiger partial charge < -0.3 is 14.0 Å². The molecule has 262 valence electrons. The minimum atomic E-state index is -2.12. The number of thioether (sulfide) groups is 2. The molecule has 1 aliphatic heterocycles. The lowest BCUT2D eigenvalue weighted by molar-refractivity contribution is -0.126. The molecule has 4 nitrogen and oxygen atoms in total. The summed E-state index contributed by atoms with van der Waals surface area (Å²) in [5, 5.41) is 11.5. The smallest absolute Gasteiger partial charge is 0.192 e. The van der Waals surface area contributed by atoms with E-state index in [1.807, 2.05) is 13.8 Å². The largest absolute Gasteiger partial charge is 0.410 e. The molecule has 1 saturated heterocycles. The summed E-state index contributed by atoms with van der Waals surface area (Å²) in [6, 6.07) is 0. The molecule has 0 amide bonds. The molecular formula is C37H70O4S2Si2. The van der Waals surface area contributed by atoms with E-state index >= 15 is 0 Å². The van der Waals surface area contributed by atoms with Crippen LogP contribution >= 0.6 is 23.5 Å². The first-order chi connectivity index (χ1) is 20.3. The van der Waals surface area contributed by atoms with Crippen LogP contribution in [0.15, 0.2) is 36.0 Å². The standard InChI is InChI=1S/C37H70O4S2Si2/c1-27(2)22-23-29(4)33(41-45(15,16)36(9,10)11)28(3)20-17-18-21-31(40-44(13,14)35(6,7)8)26-32(38)30(5)34(39)37(12)42-24-19-25-43-37/h17-18,20-21,23,27-28,30-33,38H,19,22,24-26H2,1-16H3/b20-17+,21-18-,29-23+/t28-,30?,31-,32?,33-/m1/s1. The Balaban J connectivity index is 3.24. The molecule has 0 aromatic carbocycles. The molecule has 1 aliphatic rings. The number of aliphatic hydroxyl groups excluding tert-OH is 1. The van der Waals surface area contributed by atoms with Crippen LogP contribution in [0.4, 0.5) is 0 Å². The summed E-state index contributed by atoms with van der Waals surface area (Å²) in [4.78, 5) is 13.5. The molecule has 0 aromatic rings. The van der Waals surface area contributed by atoms with Crippen molar-refractivity contribution in [3.8, 4) is 0 Å². The van der Waals surface area contributed by atoms with Crippen molar-refractivity contribution in [3.05, 3.63) is 36.0 Å². The van der Waals surface area contributed by atoms with Crippen LogP contribution in [0.5, 0.6) is 0 Å². The van der Waals surface area contributed by atoms with Crippen LogP contribution in [0.3, 0.4) is 0 Å². The van der Waals surface area contributed by atoms with E-state index < -0.39 is 32.7 Å². The van der Waals surface area contributed by atoms with Crippen molar-refractivity contribution < 1.29 is 18.8 Å². The third kappa shape index (κ3) is 13.4. The Kier molecular flexibility index (Phi) is 16.7. The molecular weight excluding hydrogens is 629 g/mol. The summed E-state index contributed by atoms with van der Waals surface area (Å²) >= 11 is 3.45. The minimum Gasteiger partial charge on any atom is -0.410 e. The van der Waals surface area contributed by atoms with Gasteiger partial charge in [0.05, 0.1) is 18.3 Å². The van der Waals surface area contributed by atoms with Gasteiger partial charge in [0.2, 0.25) is 0 Å². The Morgan fingerprint density at radius 2 is 1.38 bits per heavy atom. The van der Waals surface area contributed by atoms with Gasteiger partial charge in [-0.3, -0.25) is 4.79 Å². The van der Waals surface area contributed by atoms with Gasteiger partial charge in [-0.05, 0) is 86.0 Å². The first-order valence-electron chi connectivity index (χ1n) is 17.2. The van der Waals surface area contributed by atoms with Crippen molar-refractivity contribution in [2.75, 3.05) is 11.5 Å². The monoisotopic (exact) mass is 698 g/mol. The second-order valence-corrected chi connectivity index (χ2v) is 29.7. The van der Waals surface area contributed by atoms with Crippen molar-refractivity contribution in [1.82, 2.24) is 0 Å². The SMILES string of the molecule is C/C(=C\CC(C)C)[C@H](O[Si](C)(C)C(C)(C)C)[C@H](C)/C=C/C=C\[C@H](CC(O)C(C)C(=O)C1(C)SCCCS1)O[Si](C)(C)C(C)(C)C. The Bertz CT molecular complexity index is 1010. The van der Waals surface area contributed by atoms with Crippen molar-refractivity contribution in [3.63, 3.8) is 0 Å². The second-order valence-electron chi connectivity index (χ2n) is 16.9. The number of Topliss-reactive ketones (excluding diaryl/α,β-unsaturated/α-hetero) is 1. The number of rotatable bonds is 16. The number of allylic oxidation sites excluding steroid dienone is 3. The minimum absolute atomic E-state index is 0.0270. The lowest BCUT2D eigenvalue weighted by Gasteiger charge is -2.41. The number of ketones is 1. The molecule has 1 rings (SSSR count). The molecule has 0 aromatic heterocycles. The van der Waals surface area contributed by atoms with Crippen LogP contribution in [0.2, 0.25) is 36.3 Å². The van der Waals surface area contributed by atoms with Gasteiger partial charge in [-0.2, -0.15) is 0 Å². The third-order valence-corrected chi connectivity index (χ3v) is 22.3. The maximum absolute atomic E-state index is 13.5. The fourth-order valence-electron chi connectivity index (χ4n) is 4.70. The first kappa shape index (κ1) is 42.9. The quantitative estimate of drug-likeness (QED) is 0.0984. The van der Waals surface area contributed by atoms with E-state index in [2.05, 4.69) is 126 Å². The molecule has 2 unspecified atom stereocenters. The average Bonchev–Trinajstić information content (AvgIpc) is 2.90. The molecule has 0 radical (unpaired) electrons. The molecule has 8 heteroatoms. The molecule has 1 N–H and O–H groups in total. The number of hydrogen-bond acceptors (Lipinski definition) is 6. The van der Waals surface area contributed by atoms with E-state index in [-0.39, 0.29) is 34.0 Å². The van der Waals surface area contributed by atoms with E-state index in [1.165, 1.54) is 5.57 Å². The fraction of sp³-hybridized carbons (Fsp3) is 0.811. The summed E-state index contributed by atoms with van der Waals surface area (Å²) in [5.41, 5.74) is 1.30. The van der Waals surface area contributed by atoms with Crippen LogP contribution in [-0.4, -0.2) is 61.4 Å². The molecule has 0 saturated carbocycles. The lowest BCUT2D eigenvalue weighted by atomic mass is 9.93. The zero-order valence-corrected chi connectivity index (χ0v) is 35.5. The van der Waals surface area contributed by atoms with Crippen LogP contribution in [-0.2, 0) is 13.6 Å². The van der Waals surface area contributed by atoms with Crippen molar-refractivity contribution in [2.24, 2.45) is 17.8 Å². The molecule has 1 fully saturated rings. The summed E-state index contributed by atoms with van der Waals surface area (Å²) in [7, 11) is -4.11. The van der Waals surface area contributed by atoms with E-state index in [9.17, 15) is 9.90 Å². The van der Waals surface area contributed by atoms with E-state index in [4.69, 9.17) is 8.85 Å². The number of carbonyl (C=O) groups excluding carboxylic acids is 1. The van der Waals surface area contributed by atoms with Gasteiger partial charge in [-0.25, -0.2) is 0 Å². The van der Waals surface area contributed by atoms with Crippen molar-refractivity contribution >= 4 is 45.9 Å². The maximum Gasteiger partial charge on any atom is 0.192 e. The van der Waals surface area contributed by atoms with Crippen molar-refractivity contribution in [2.45, 2.75) is 161 Å².